The molecule has 0 bridgehead atoms. The molecule has 3 rings (SSSR count). The summed E-state index contributed by atoms with van der Waals surface area (Å²) in [6.07, 6.45) is 5.29. The van der Waals surface area contributed by atoms with Crippen LogP contribution in [0.2, 0.25) is 0 Å². The van der Waals surface area contributed by atoms with E-state index in [2.05, 4.69) is 0 Å². The van der Waals surface area contributed by atoms with Gasteiger partial charge < -0.3 is 14.7 Å². The molecule has 0 radical (unpaired) electrons. The summed E-state index contributed by atoms with van der Waals surface area (Å²) in [5, 5.41) is 9.07. The van der Waals surface area contributed by atoms with E-state index in [4.69, 9.17) is 4.74 Å². The first-order valence-electron chi connectivity index (χ1n) is 8.42. The molecule has 1 aliphatic heterocycles. The summed E-state index contributed by atoms with van der Waals surface area (Å²) in [6, 6.07) is 7.10. The van der Waals surface area contributed by atoms with Crippen LogP contribution in [0.1, 0.15) is 43.7 Å². The van der Waals surface area contributed by atoms with E-state index < -0.39 is 17.3 Å². The van der Waals surface area contributed by atoms with Gasteiger partial charge in [-0.25, -0.2) is 0 Å². The number of hydrogen-bond acceptors (Lipinski definition) is 4. The van der Waals surface area contributed by atoms with Gasteiger partial charge in [0.25, 0.3) is 0 Å². The number of aliphatic carboxylic acids is 1. The normalized spacial score (nSPS) is 25.5. The smallest absolute Gasteiger partial charge is 0.319 e. The maximum atomic E-state index is 12.7. The van der Waals surface area contributed by atoms with E-state index in [0.717, 1.165) is 31.2 Å². The van der Waals surface area contributed by atoms with Crippen molar-refractivity contribution in [3.63, 3.8) is 0 Å². The molecule has 2 fully saturated rings. The zero-order valence-corrected chi connectivity index (χ0v) is 14.6. The number of rotatable bonds is 4. The summed E-state index contributed by atoms with van der Waals surface area (Å²) in [5.41, 5.74) is 0.790. The summed E-state index contributed by atoms with van der Waals surface area (Å²) >= 11 is 1.22. The van der Waals surface area contributed by atoms with E-state index in [-0.39, 0.29) is 17.7 Å². The SMILES string of the molecule is COc1ccccc1[C@@H]1[C@@H](C(=O)O)SCC(=O)N1C1CCCCC1. The third kappa shape index (κ3) is 3.24. The van der Waals surface area contributed by atoms with Gasteiger partial charge in [-0.15, -0.1) is 11.8 Å². The van der Waals surface area contributed by atoms with Crippen LogP contribution in [0.4, 0.5) is 0 Å². The van der Waals surface area contributed by atoms with Crippen LogP contribution in [0.3, 0.4) is 0 Å². The van der Waals surface area contributed by atoms with E-state index >= 15 is 0 Å². The molecule has 24 heavy (non-hydrogen) atoms. The first-order chi connectivity index (χ1) is 11.6. The van der Waals surface area contributed by atoms with Crippen LogP contribution in [-0.4, -0.2) is 46.0 Å². The molecule has 2 aliphatic rings. The Hall–Kier alpha value is -1.69. The standard InChI is InChI=1S/C18H23NO4S/c1-23-14-10-6-5-9-13(14)16-17(18(21)22)24-11-15(20)19(16)12-7-3-2-4-8-12/h5-6,9-10,12,16-17H,2-4,7-8,11H2,1H3,(H,21,22)/t16-,17+/m1/s1. The highest BCUT2D eigenvalue weighted by Crippen LogP contribution is 2.43. The van der Waals surface area contributed by atoms with Gasteiger partial charge in [-0.3, -0.25) is 9.59 Å². The number of carboxylic acids is 1. The lowest BCUT2D eigenvalue weighted by atomic mass is 9.90. The molecular formula is C18H23NO4S. The average Bonchev–Trinajstić information content (AvgIpc) is 2.61. The molecule has 1 N–H and O–H groups in total. The largest absolute Gasteiger partial charge is 0.496 e. The highest BCUT2D eigenvalue weighted by molar-refractivity contribution is 8.01. The van der Waals surface area contributed by atoms with Crippen molar-refractivity contribution < 1.29 is 19.4 Å². The highest BCUT2D eigenvalue weighted by atomic mass is 32.2. The lowest BCUT2D eigenvalue weighted by Gasteiger charge is -2.45. The van der Waals surface area contributed by atoms with Gasteiger partial charge in [0.15, 0.2) is 0 Å². The van der Waals surface area contributed by atoms with Gasteiger partial charge in [-0.05, 0) is 18.9 Å². The Labute approximate surface area is 146 Å². The molecule has 1 saturated carbocycles. The van der Waals surface area contributed by atoms with Gasteiger partial charge in [0.2, 0.25) is 5.91 Å². The molecule has 1 aromatic rings. The number of amides is 1. The predicted molar refractivity (Wildman–Crippen MR) is 93.3 cm³/mol. The first kappa shape index (κ1) is 17.1. The maximum absolute atomic E-state index is 12.7. The van der Waals surface area contributed by atoms with E-state index in [9.17, 15) is 14.7 Å². The number of hydrogen-bond donors (Lipinski definition) is 1. The van der Waals surface area contributed by atoms with Crippen LogP contribution in [-0.2, 0) is 9.59 Å². The van der Waals surface area contributed by atoms with Crippen molar-refractivity contribution in [3.8, 4) is 5.75 Å². The molecule has 1 heterocycles. The van der Waals surface area contributed by atoms with Crippen molar-refractivity contribution in [2.75, 3.05) is 12.9 Å². The van der Waals surface area contributed by atoms with Gasteiger partial charge in [0.1, 0.15) is 11.0 Å². The third-order valence-corrected chi connectivity index (χ3v) is 6.16. The van der Waals surface area contributed by atoms with Crippen LogP contribution in [0.5, 0.6) is 5.75 Å². The summed E-state index contributed by atoms with van der Waals surface area (Å²) in [6.45, 7) is 0. The summed E-state index contributed by atoms with van der Waals surface area (Å²) < 4.78 is 5.46. The van der Waals surface area contributed by atoms with E-state index in [0.29, 0.717) is 5.75 Å². The van der Waals surface area contributed by atoms with Gasteiger partial charge >= 0.3 is 5.97 Å². The number of para-hydroxylation sites is 1. The molecule has 1 amide bonds. The molecule has 5 nitrogen and oxygen atoms in total. The Morgan fingerprint density at radius 2 is 1.96 bits per heavy atom. The van der Waals surface area contributed by atoms with Crippen molar-refractivity contribution in [1.29, 1.82) is 0 Å². The number of carbonyl (C=O) groups excluding carboxylic acids is 1. The van der Waals surface area contributed by atoms with Gasteiger partial charge in [0, 0.05) is 11.6 Å². The zero-order valence-electron chi connectivity index (χ0n) is 13.8. The Bertz CT molecular complexity index is 615. The average molecular weight is 349 g/mol. The number of ether oxygens (including phenoxy) is 1. The van der Waals surface area contributed by atoms with Crippen molar-refractivity contribution in [3.05, 3.63) is 29.8 Å². The number of carbonyl (C=O) groups is 2. The van der Waals surface area contributed by atoms with E-state index in [1.54, 1.807) is 7.11 Å². The zero-order chi connectivity index (χ0) is 17.1. The predicted octanol–water partition coefficient (Wildman–Crippen LogP) is 3.10. The molecule has 2 atom stereocenters. The molecule has 1 saturated heterocycles. The van der Waals surface area contributed by atoms with Gasteiger partial charge in [-0.2, -0.15) is 0 Å². The second kappa shape index (κ2) is 7.47. The minimum Gasteiger partial charge on any atom is -0.496 e. The second-order valence-corrected chi connectivity index (χ2v) is 7.48. The van der Waals surface area contributed by atoms with Crippen LogP contribution >= 0.6 is 11.8 Å². The first-order valence-corrected chi connectivity index (χ1v) is 9.47. The fourth-order valence-corrected chi connectivity index (χ4v) is 4.92. The van der Waals surface area contributed by atoms with Crippen molar-refractivity contribution >= 4 is 23.6 Å². The lowest BCUT2D eigenvalue weighted by Crippen LogP contribution is -2.52. The number of thioether (sulfide) groups is 1. The van der Waals surface area contributed by atoms with Gasteiger partial charge in [0.05, 0.1) is 18.9 Å². The van der Waals surface area contributed by atoms with Crippen molar-refractivity contribution in [1.82, 2.24) is 4.90 Å². The number of methoxy groups -OCH3 is 1. The monoisotopic (exact) mass is 349 g/mol. The minimum absolute atomic E-state index is 0.0420. The molecule has 6 heteroatoms. The molecule has 0 spiro atoms. The van der Waals surface area contributed by atoms with Crippen LogP contribution < -0.4 is 4.74 Å². The summed E-state index contributed by atoms with van der Waals surface area (Å²) in [5.74, 6) is 0.0495. The Kier molecular flexibility index (Phi) is 5.33. The van der Waals surface area contributed by atoms with E-state index in [1.165, 1.54) is 18.2 Å². The lowest BCUT2D eigenvalue weighted by molar-refractivity contribution is -0.142. The number of benzene rings is 1. The third-order valence-electron chi connectivity index (χ3n) is 4.93. The fourth-order valence-electron chi connectivity index (χ4n) is 3.85. The van der Waals surface area contributed by atoms with E-state index in [1.807, 2.05) is 29.2 Å². The Morgan fingerprint density at radius 3 is 2.62 bits per heavy atom. The summed E-state index contributed by atoms with van der Waals surface area (Å²) in [4.78, 5) is 26.4. The molecule has 130 valence electrons. The topological polar surface area (TPSA) is 66.8 Å². The van der Waals surface area contributed by atoms with Crippen molar-refractivity contribution in [2.45, 2.75) is 49.4 Å². The highest BCUT2D eigenvalue weighted by Gasteiger charge is 2.45. The molecular weight excluding hydrogens is 326 g/mol. The summed E-state index contributed by atoms with van der Waals surface area (Å²) in [7, 11) is 1.58. The Morgan fingerprint density at radius 1 is 1.25 bits per heavy atom. The second-order valence-electron chi connectivity index (χ2n) is 6.35. The number of carboxylic acid groups (broad SMARTS) is 1. The van der Waals surface area contributed by atoms with Crippen LogP contribution in [0.15, 0.2) is 24.3 Å². The molecule has 0 aromatic heterocycles. The number of nitrogens with zero attached hydrogens (tertiary/aromatic N) is 1. The molecule has 1 aromatic carbocycles. The Balaban J connectivity index is 2.04. The molecule has 1 aliphatic carbocycles. The maximum Gasteiger partial charge on any atom is 0.319 e. The quantitative estimate of drug-likeness (QED) is 0.905. The van der Waals surface area contributed by atoms with Crippen LogP contribution in [0.25, 0.3) is 0 Å². The van der Waals surface area contributed by atoms with Crippen molar-refractivity contribution in [2.24, 2.45) is 0 Å². The minimum atomic E-state index is -0.871. The molecule has 0 unspecified atom stereocenters. The van der Waals surface area contributed by atoms with Crippen LogP contribution in [0, 0.1) is 0 Å². The fraction of sp³-hybridized carbons (Fsp3) is 0.556. The van der Waals surface area contributed by atoms with Gasteiger partial charge in [-0.1, -0.05) is 37.5 Å².